The summed E-state index contributed by atoms with van der Waals surface area (Å²) in [5.41, 5.74) is 2.04. The molecule has 1 aliphatic carbocycles. The standard InChI is InChI=1S/C16H19NO/c17-11-15-7-3-13(4-8-15)1-2-14-5-9-16(12-18)10-6-14/h3-4,7-8,12,14,16H,1-2,5-6,9-10H2/t14-,16-. The maximum atomic E-state index is 10.7. The number of nitrogens with zero attached hydrogens (tertiary/aromatic N) is 1. The monoisotopic (exact) mass is 241 g/mol. The molecule has 1 fully saturated rings. The first-order valence-corrected chi connectivity index (χ1v) is 6.76. The zero-order valence-corrected chi connectivity index (χ0v) is 10.6. The molecule has 1 aromatic carbocycles. The van der Waals surface area contributed by atoms with Crippen LogP contribution in [-0.4, -0.2) is 6.29 Å². The zero-order valence-electron chi connectivity index (χ0n) is 10.6. The maximum Gasteiger partial charge on any atom is 0.123 e. The number of carbonyl (C=O) groups excluding carboxylic acids is 1. The molecule has 0 aliphatic heterocycles. The van der Waals surface area contributed by atoms with E-state index in [2.05, 4.69) is 18.2 Å². The van der Waals surface area contributed by atoms with Crippen LogP contribution in [-0.2, 0) is 11.2 Å². The fourth-order valence-corrected chi connectivity index (χ4v) is 2.73. The van der Waals surface area contributed by atoms with Crippen molar-refractivity contribution in [1.29, 1.82) is 5.26 Å². The second-order valence-electron chi connectivity index (χ2n) is 5.26. The van der Waals surface area contributed by atoms with Crippen LogP contribution in [0.1, 0.15) is 43.2 Å². The first-order chi connectivity index (χ1) is 8.81. The summed E-state index contributed by atoms with van der Waals surface area (Å²) in [5.74, 6) is 1.09. The van der Waals surface area contributed by atoms with E-state index < -0.39 is 0 Å². The van der Waals surface area contributed by atoms with Crippen LogP contribution in [0.4, 0.5) is 0 Å². The zero-order chi connectivity index (χ0) is 12.8. The number of rotatable bonds is 4. The smallest absolute Gasteiger partial charge is 0.123 e. The molecule has 0 saturated heterocycles. The predicted octanol–water partition coefficient (Wildman–Crippen LogP) is 3.50. The molecule has 0 unspecified atom stereocenters. The molecule has 0 amide bonds. The van der Waals surface area contributed by atoms with Gasteiger partial charge in [-0.1, -0.05) is 12.1 Å². The lowest BCUT2D eigenvalue weighted by Gasteiger charge is -2.25. The van der Waals surface area contributed by atoms with Crippen LogP contribution in [0.15, 0.2) is 24.3 Å². The Morgan fingerprint density at radius 3 is 2.39 bits per heavy atom. The van der Waals surface area contributed by atoms with E-state index in [0.29, 0.717) is 5.92 Å². The summed E-state index contributed by atoms with van der Waals surface area (Å²) >= 11 is 0. The fourth-order valence-electron chi connectivity index (χ4n) is 2.73. The van der Waals surface area contributed by atoms with Gasteiger partial charge >= 0.3 is 0 Å². The topological polar surface area (TPSA) is 40.9 Å². The van der Waals surface area contributed by atoms with Gasteiger partial charge in [-0.2, -0.15) is 5.26 Å². The van der Waals surface area contributed by atoms with Gasteiger partial charge in [0.2, 0.25) is 0 Å². The number of carbonyl (C=O) groups is 1. The van der Waals surface area contributed by atoms with Crippen LogP contribution < -0.4 is 0 Å². The van der Waals surface area contributed by atoms with Crippen LogP contribution in [0.2, 0.25) is 0 Å². The minimum absolute atomic E-state index is 0.316. The molecule has 2 nitrogen and oxygen atoms in total. The van der Waals surface area contributed by atoms with E-state index in [1.54, 1.807) is 0 Å². The van der Waals surface area contributed by atoms with Gasteiger partial charge in [0.1, 0.15) is 6.29 Å². The highest BCUT2D eigenvalue weighted by molar-refractivity contribution is 5.53. The van der Waals surface area contributed by atoms with Gasteiger partial charge in [-0.25, -0.2) is 0 Å². The first-order valence-electron chi connectivity index (χ1n) is 6.76. The quantitative estimate of drug-likeness (QED) is 0.757. The summed E-state index contributed by atoms with van der Waals surface area (Å²) in [4.78, 5) is 10.7. The van der Waals surface area contributed by atoms with Gasteiger partial charge in [0.05, 0.1) is 11.6 Å². The summed E-state index contributed by atoms with van der Waals surface area (Å²) in [5, 5.41) is 8.73. The molecule has 0 spiro atoms. The summed E-state index contributed by atoms with van der Waals surface area (Å²) < 4.78 is 0. The Morgan fingerprint density at radius 2 is 1.83 bits per heavy atom. The van der Waals surface area contributed by atoms with E-state index in [9.17, 15) is 4.79 Å². The van der Waals surface area contributed by atoms with Crippen molar-refractivity contribution in [3.63, 3.8) is 0 Å². The Morgan fingerprint density at radius 1 is 1.17 bits per heavy atom. The highest BCUT2D eigenvalue weighted by Crippen LogP contribution is 2.30. The number of nitriles is 1. The van der Waals surface area contributed by atoms with E-state index >= 15 is 0 Å². The summed E-state index contributed by atoms with van der Waals surface area (Å²) in [6.07, 6.45) is 7.94. The lowest BCUT2D eigenvalue weighted by atomic mass is 9.80. The number of benzene rings is 1. The minimum Gasteiger partial charge on any atom is -0.303 e. The Bertz CT molecular complexity index is 421. The van der Waals surface area contributed by atoms with Crippen LogP contribution in [0.25, 0.3) is 0 Å². The first kappa shape index (κ1) is 12.8. The van der Waals surface area contributed by atoms with Gasteiger partial charge in [0, 0.05) is 5.92 Å². The normalized spacial score (nSPS) is 23.3. The van der Waals surface area contributed by atoms with Gasteiger partial charge in [0.15, 0.2) is 0 Å². The van der Waals surface area contributed by atoms with Crippen molar-refractivity contribution in [3.8, 4) is 6.07 Å². The van der Waals surface area contributed by atoms with E-state index in [-0.39, 0.29) is 0 Å². The van der Waals surface area contributed by atoms with E-state index in [1.807, 2.05) is 12.1 Å². The van der Waals surface area contributed by atoms with Gasteiger partial charge in [0.25, 0.3) is 0 Å². The number of aldehydes is 1. The lowest BCUT2D eigenvalue weighted by molar-refractivity contribution is -0.112. The molecule has 2 rings (SSSR count). The largest absolute Gasteiger partial charge is 0.303 e. The number of aryl methyl sites for hydroxylation is 1. The minimum atomic E-state index is 0.316. The molecule has 0 aromatic heterocycles. The Labute approximate surface area is 109 Å². The van der Waals surface area contributed by atoms with Crippen molar-refractivity contribution < 1.29 is 4.79 Å². The lowest BCUT2D eigenvalue weighted by Crippen LogP contribution is -2.15. The summed E-state index contributed by atoms with van der Waals surface area (Å²) in [6.45, 7) is 0. The molecule has 0 bridgehead atoms. The van der Waals surface area contributed by atoms with Crippen molar-refractivity contribution in [3.05, 3.63) is 35.4 Å². The highest BCUT2D eigenvalue weighted by Gasteiger charge is 2.20. The van der Waals surface area contributed by atoms with Crippen LogP contribution >= 0.6 is 0 Å². The van der Waals surface area contributed by atoms with Gasteiger partial charge in [-0.3, -0.25) is 0 Å². The van der Waals surface area contributed by atoms with Crippen molar-refractivity contribution >= 4 is 6.29 Å². The molecule has 18 heavy (non-hydrogen) atoms. The molecule has 1 saturated carbocycles. The average Bonchev–Trinajstić information content (AvgIpc) is 2.46. The number of hydrogen-bond acceptors (Lipinski definition) is 2. The molecule has 0 heterocycles. The molecular weight excluding hydrogens is 222 g/mol. The van der Waals surface area contributed by atoms with Gasteiger partial charge in [-0.15, -0.1) is 0 Å². The Kier molecular flexibility index (Phi) is 4.52. The van der Waals surface area contributed by atoms with E-state index in [4.69, 9.17) is 5.26 Å². The third kappa shape index (κ3) is 3.43. The summed E-state index contributed by atoms with van der Waals surface area (Å²) in [7, 11) is 0. The van der Waals surface area contributed by atoms with Crippen molar-refractivity contribution in [1.82, 2.24) is 0 Å². The van der Waals surface area contributed by atoms with Gasteiger partial charge in [-0.05, 0) is 62.1 Å². The predicted molar refractivity (Wildman–Crippen MR) is 71.0 cm³/mol. The molecule has 94 valence electrons. The Balaban J connectivity index is 1.78. The van der Waals surface area contributed by atoms with Crippen molar-refractivity contribution in [2.45, 2.75) is 38.5 Å². The molecule has 0 N–H and O–H groups in total. The second kappa shape index (κ2) is 6.35. The molecule has 1 aromatic rings. The molecule has 0 radical (unpaired) electrons. The Hall–Kier alpha value is -1.62. The highest BCUT2D eigenvalue weighted by atomic mass is 16.1. The van der Waals surface area contributed by atoms with Crippen molar-refractivity contribution in [2.75, 3.05) is 0 Å². The van der Waals surface area contributed by atoms with Gasteiger partial charge < -0.3 is 4.79 Å². The third-order valence-electron chi connectivity index (χ3n) is 4.01. The number of hydrogen-bond donors (Lipinski definition) is 0. The fraction of sp³-hybridized carbons (Fsp3) is 0.500. The van der Waals surface area contributed by atoms with Crippen LogP contribution in [0.3, 0.4) is 0 Å². The van der Waals surface area contributed by atoms with Crippen LogP contribution in [0.5, 0.6) is 0 Å². The molecular formula is C16H19NO. The second-order valence-corrected chi connectivity index (χ2v) is 5.26. The summed E-state index contributed by atoms with van der Waals surface area (Å²) in [6, 6.07) is 10.0. The molecule has 2 heteroatoms. The van der Waals surface area contributed by atoms with E-state index in [1.165, 1.54) is 24.8 Å². The molecule has 0 atom stereocenters. The van der Waals surface area contributed by atoms with E-state index in [0.717, 1.165) is 37.0 Å². The maximum absolute atomic E-state index is 10.7. The van der Waals surface area contributed by atoms with Crippen LogP contribution in [0, 0.1) is 23.2 Å². The third-order valence-corrected chi connectivity index (χ3v) is 4.01. The average molecular weight is 241 g/mol. The van der Waals surface area contributed by atoms with Crippen molar-refractivity contribution in [2.24, 2.45) is 11.8 Å². The molecule has 1 aliphatic rings. The SMILES string of the molecule is N#Cc1ccc(CC[C@H]2CC[C@H](C=O)CC2)cc1.